The molecule has 7 heteroatoms. The molecular weight excluding hydrogens is 360 g/mol. The van der Waals surface area contributed by atoms with E-state index in [0.29, 0.717) is 31.1 Å². The van der Waals surface area contributed by atoms with Crippen molar-refractivity contribution in [2.75, 3.05) is 20.3 Å². The maximum atomic E-state index is 12.6. The lowest BCUT2D eigenvalue weighted by atomic mass is 10.1. The fourth-order valence-corrected chi connectivity index (χ4v) is 2.98. The first kappa shape index (κ1) is 19.8. The maximum Gasteiger partial charge on any atom is 0.328 e. The molecule has 1 atom stereocenters. The molecule has 3 rings (SSSR count). The van der Waals surface area contributed by atoms with Gasteiger partial charge in [0, 0.05) is 31.5 Å². The van der Waals surface area contributed by atoms with Crippen molar-refractivity contribution in [1.82, 2.24) is 10.3 Å². The molecule has 0 radical (unpaired) electrons. The number of nitrogens with one attached hydrogen (secondary N) is 1. The van der Waals surface area contributed by atoms with Crippen LogP contribution in [-0.2, 0) is 20.7 Å². The molecule has 1 aromatic carbocycles. The van der Waals surface area contributed by atoms with E-state index in [0.717, 1.165) is 18.4 Å². The molecule has 1 fully saturated rings. The molecule has 1 unspecified atom stereocenters. The van der Waals surface area contributed by atoms with Crippen LogP contribution in [0.15, 0.2) is 48.7 Å². The van der Waals surface area contributed by atoms with Crippen molar-refractivity contribution in [1.29, 1.82) is 0 Å². The predicted octanol–water partition coefficient (Wildman–Crippen LogP) is 2.15. The summed E-state index contributed by atoms with van der Waals surface area (Å²) in [6.07, 6.45) is 3.52. The smallest absolute Gasteiger partial charge is 0.328 e. The van der Waals surface area contributed by atoms with Crippen LogP contribution in [0.5, 0.6) is 5.88 Å². The Morgan fingerprint density at radius 1 is 1.18 bits per heavy atom. The molecule has 1 aliphatic heterocycles. The summed E-state index contributed by atoms with van der Waals surface area (Å²) in [5.74, 6) is -0.418. The zero-order chi connectivity index (χ0) is 19.8. The largest absolute Gasteiger partial charge is 0.474 e. The zero-order valence-corrected chi connectivity index (χ0v) is 15.8. The van der Waals surface area contributed by atoms with Gasteiger partial charge in [0.15, 0.2) is 0 Å². The van der Waals surface area contributed by atoms with E-state index in [4.69, 9.17) is 14.2 Å². The van der Waals surface area contributed by atoms with Crippen LogP contribution in [0.25, 0.3) is 0 Å². The molecule has 0 saturated carbocycles. The van der Waals surface area contributed by atoms with Crippen molar-refractivity contribution < 1.29 is 23.8 Å². The standard InChI is InChI=1S/C21H24N2O5/c1-26-21(25)18(13-15-5-3-2-4-6-15)23-20(24)16-7-8-19(22-14-16)28-17-9-11-27-12-10-17/h2-8,14,17-18H,9-13H2,1H3,(H,23,24). The van der Waals surface area contributed by atoms with Gasteiger partial charge < -0.3 is 19.5 Å². The van der Waals surface area contributed by atoms with E-state index in [1.165, 1.54) is 13.3 Å². The number of aromatic nitrogens is 1. The van der Waals surface area contributed by atoms with Crippen molar-refractivity contribution in [2.45, 2.75) is 31.4 Å². The number of methoxy groups -OCH3 is 1. The van der Waals surface area contributed by atoms with E-state index >= 15 is 0 Å². The van der Waals surface area contributed by atoms with Crippen molar-refractivity contribution in [3.8, 4) is 5.88 Å². The van der Waals surface area contributed by atoms with Gasteiger partial charge in [0.25, 0.3) is 5.91 Å². The van der Waals surface area contributed by atoms with E-state index < -0.39 is 17.9 Å². The first-order valence-corrected chi connectivity index (χ1v) is 9.29. The summed E-state index contributed by atoms with van der Waals surface area (Å²) in [6, 6.07) is 12.0. The summed E-state index contributed by atoms with van der Waals surface area (Å²) in [6.45, 7) is 1.36. The monoisotopic (exact) mass is 384 g/mol. The predicted molar refractivity (Wildman–Crippen MR) is 102 cm³/mol. The van der Waals surface area contributed by atoms with Gasteiger partial charge in [-0.3, -0.25) is 4.79 Å². The molecule has 0 spiro atoms. The third-order valence-corrected chi connectivity index (χ3v) is 4.53. The molecule has 2 heterocycles. The second-order valence-electron chi connectivity index (χ2n) is 6.55. The fourth-order valence-electron chi connectivity index (χ4n) is 2.98. The fraction of sp³-hybridized carbons (Fsp3) is 0.381. The number of carbonyl (C=O) groups excluding carboxylic acids is 2. The molecule has 2 aromatic rings. The van der Waals surface area contributed by atoms with Crippen molar-refractivity contribution in [3.05, 3.63) is 59.8 Å². The summed E-state index contributed by atoms with van der Waals surface area (Å²) in [5, 5.41) is 2.72. The highest BCUT2D eigenvalue weighted by Crippen LogP contribution is 2.16. The number of esters is 1. The van der Waals surface area contributed by atoms with Crippen LogP contribution in [0, 0.1) is 0 Å². The number of nitrogens with zero attached hydrogens (tertiary/aromatic N) is 1. The van der Waals surface area contributed by atoms with Crippen molar-refractivity contribution >= 4 is 11.9 Å². The van der Waals surface area contributed by atoms with Crippen LogP contribution in [0.2, 0.25) is 0 Å². The zero-order valence-electron chi connectivity index (χ0n) is 15.8. The third kappa shape index (κ3) is 5.53. The lowest BCUT2D eigenvalue weighted by Gasteiger charge is -2.22. The van der Waals surface area contributed by atoms with Gasteiger partial charge in [0.05, 0.1) is 25.9 Å². The van der Waals surface area contributed by atoms with Gasteiger partial charge in [0.1, 0.15) is 12.1 Å². The quantitative estimate of drug-likeness (QED) is 0.736. The van der Waals surface area contributed by atoms with Gasteiger partial charge >= 0.3 is 5.97 Å². The lowest BCUT2D eigenvalue weighted by molar-refractivity contribution is -0.142. The highest BCUT2D eigenvalue weighted by Gasteiger charge is 2.23. The first-order valence-electron chi connectivity index (χ1n) is 9.29. The molecule has 0 bridgehead atoms. The summed E-state index contributed by atoms with van der Waals surface area (Å²) in [5.41, 5.74) is 1.28. The molecule has 1 N–H and O–H groups in total. The Balaban J connectivity index is 1.61. The average Bonchev–Trinajstić information content (AvgIpc) is 2.74. The number of benzene rings is 1. The summed E-state index contributed by atoms with van der Waals surface area (Å²) < 4.78 is 15.9. The number of rotatable bonds is 7. The summed E-state index contributed by atoms with van der Waals surface area (Å²) in [4.78, 5) is 28.8. The van der Waals surface area contributed by atoms with Crippen molar-refractivity contribution in [2.24, 2.45) is 0 Å². The van der Waals surface area contributed by atoms with E-state index in [1.54, 1.807) is 12.1 Å². The Kier molecular flexibility index (Phi) is 6.97. The first-order chi connectivity index (χ1) is 13.7. The van der Waals surface area contributed by atoms with E-state index in [-0.39, 0.29) is 6.10 Å². The number of ether oxygens (including phenoxy) is 3. The third-order valence-electron chi connectivity index (χ3n) is 4.53. The SMILES string of the molecule is COC(=O)C(Cc1ccccc1)NC(=O)c1ccc(OC2CCOCC2)nc1. The highest BCUT2D eigenvalue weighted by molar-refractivity contribution is 5.96. The maximum absolute atomic E-state index is 12.6. The molecule has 1 saturated heterocycles. The highest BCUT2D eigenvalue weighted by atomic mass is 16.5. The minimum Gasteiger partial charge on any atom is -0.474 e. The summed E-state index contributed by atoms with van der Waals surface area (Å²) in [7, 11) is 1.30. The summed E-state index contributed by atoms with van der Waals surface area (Å²) >= 11 is 0. The van der Waals surface area contributed by atoms with Gasteiger partial charge in [-0.25, -0.2) is 9.78 Å². The molecule has 1 aromatic heterocycles. The number of hydrogen-bond acceptors (Lipinski definition) is 6. The minimum absolute atomic E-state index is 0.0792. The van der Waals surface area contributed by atoms with E-state index in [2.05, 4.69) is 10.3 Å². The number of amides is 1. The van der Waals surface area contributed by atoms with Crippen LogP contribution in [-0.4, -0.2) is 49.3 Å². The van der Waals surface area contributed by atoms with Crippen LogP contribution in [0.1, 0.15) is 28.8 Å². The van der Waals surface area contributed by atoms with Crippen molar-refractivity contribution in [3.63, 3.8) is 0 Å². The number of carbonyl (C=O) groups is 2. The Morgan fingerprint density at radius 2 is 1.93 bits per heavy atom. The normalized spacial score (nSPS) is 15.5. The Hall–Kier alpha value is -2.93. The molecule has 28 heavy (non-hydrogen) atoms. The average molecular weight is 384 g/mol. The molecule has 148 valence electrons. The van der Waals surface area contributed by atoms with Gasteiger partial charge in [-0.05, 0) is 11.6 Å². The topological polar surface area (TPSA) is 86.8 Å². The van der Waals surface area contributed by atoms with Crippen LogP contribution < -0.4 is 10.1 Å². The molecule has 0 aliphatic carbocycles. The van der Waals surface area contributed by atoms with E-state index in [1.807, 2.05) is 30.3 Å². The van der Waals surface area contributed by atoms with Gasteiger partial charge in [0.2, 0.25) is 5.88 Å². The Labute approximate surface area is 164 Å². The molecule has 1 aliphatic rings. The number of hydrogen-bond donors (Lipinski definition) is 1. The Bertz CT molecular complexity index is 773. The van der Waals surface area contributed by atoms with Crippen LogP contribution in [0.4, 0.5) is 0 Å². The van der Waals surface area contributed by atoms with Crippen LogP contribution >= 0.6 is 0 Å². The minimum atomic E-state index is -0.780. The van der Waals surface area contributed by atoms with Gasteiger partial charge in [-0.2, -0.15) is 0 Å². The lowest BCUT2D eigenvalue weighted by Crippen LogP contribution is -2.43. The second-order valence-corrected chi connectivity index (χ2v) is 6.55. The second kappa shape index (κ2) is 9.85. The number of pyridine rings is 1. The Morgan fingerprint density at radius 3 is 2.57 bits per heavy atom. The van der Waals surface area contributed by atoms with Crippen LogP contribution in [0.3, 0.4) is 0 Å². The van der Waals surface area contributed by atoms with E-state index in [9.17, 15) is 9.59 Å². The van der Waals surface area contributed by atoms with Gasteiger partial charge in [-0.15, -0.1) is 0 Å². The molecule has 1 amide bonds. The molecular formula is C21H24N2O5. The van der Waals surface area contributed by atoms with Gasteiger partial charge in [-0.1, -0.05) is 30.3 Å². The molecule has 7 nitrogen and oxygen atoms in total.